The van der Waals surface area contributed by atoms with Gasteiger partial charge >= 0.3 is 11.7 Å². The molecule has 0 saturated heterocycles. The lowest BCUT2D eigenvalue weighted by atomic mass is 10.2. The first kappa shape index (κ1) is 12.6. The zero-order chi connectivity index (χ0) is 13.8. The summed E-state index contributed by atoms with van der Waals surface area (Å²) in [5, 5.41) is 0. The molecule has 0 amide bonds. The van der Waals surface area contributed by atoms with Crippen molar-refractivity contribution in [3.05, 3.63) is 40.7 Å². The van der Waals surface area contributed by atoms with Crippen LogP contribution in [0.5, 0.6) is 0 Å². The van der Waals surface area contributed by atoms with Crippen molar-refractivity contribution in [3.63, 3.8) is 0 Å². The molecule has 19 heavy (non-hydrogen) atoms. The Morgan fingerprint density at radius 3 is 2.89 bits per heavy atom. The van der Waals surface area contributed by atoms with E-state index in [1.807, 2.05) is 0 Å². The van der Waals surface area contributed by atoms with Crippen molar-refractivity contribution in [2.24, 2.45) is 5.84 Å². The molecule has 0 aliphatic heterocycles. The van der Waals surface area contributed by atoms with Crippen molar-refractivity contribution in [2.75, 3.05) is 12.5 Å². The van der Waals surface area contributed by atoms with Gasteiger partial charge in [-0.3, -0.25) is 5.43 Å². The number of nitrogens with zero attached hydrogens (tertiary/aromatic N) is 4. The van der Waals surface area contributed by atoms with E-state index >= 15 is 0 Å². The van der Waals surface area contributed by atoms with Gasteiger partial charge in [-0.1, -0.05) is 0 Å². The molecular weight excluding hydrogens is 252 g/mol. The number of carbonyl (C=O) groups excluding carboxylic acids is 1. The molecule has 3 N–H and O–H groups in total. The van der Waals surface area contributed by atoms with Gasteiger partial charge < -0.3 is 4.74 Å². The number of ether oxygens (including phenoxy) is 1. The molecule has 2 rings (SSSR count). The lowest BCUT2D eigenvalue weighted by molar-refractivity contribution is 0.0600. The Balaban J connectivity index is 2.59. The summed E-state index contributed by atoms with van der Waals surface area (Å²) in [5.41, 5.74) is 1.60. The van der Waals surface area contributed by atoms with Gasteiger partial charge in [-0.2, -0.15) is 4.98 Å². The number of aromatic nitrogens is 4. The van der Waals surface area contributed by atoms with Crippen LogP contribution in [-0.4, -0.2) is 32.6 Å². The minimum Gasteiger partial charge on any atom is -0.465 e. The molecule has 2 heterocycles. The molecule has 9 heteroatoms. The molecule has 0 saturated carbocycles. The summed E-state index contributed by atoms with van der Waals surface area (Å²) in [6.45, 7) is 0. The second-order valence-electron chi connectivity index (χ2n) is 3.34. The maximum Gasteiger partial charge on any atom is 0.357 e. The van der Waals surface area contributed by atoms with Crippen LogP contribution in [-0.2, 0) is 4.74 Å². The molecule has 2 aromatic heterocycles. The molecule has 0 fully saturated rings. The second-order valence-corrected chi connectivity index (χ2v) is 3.34. The normalized spacial score (nSPS) is 10.0. The Kier molecular flexibility index (Phi) is 3.48. The molecule has 0 aromatic carbocycles. The third kappa shape index (κ3) is 2.40. The molecule has 0 spiro atoms. The number of pyridine rings is 1. The fraction of sp³-hybridized carbons (Fsp3) is 0.100. The van der Waals surface area contributed by atoms with Crippen molar-refractivity contribution in [2.45, 2.75) is 0 Å². The van der Waals surface area contributed by atoms with E-state index in [4.69, 9.17) is 5.84 Å². The largest absolute Gasteiger partial charge is 0.465 e. The number of carbonyl (C=O) groups is 1. The van der Waals surface area contributed by atoms with Crippen molar-refractivity contribution >= 4 is 11.9 Å². The molecule has 2 aromatic rings. The summed E-state index contributed by atoms with van der Waals surface area (Å²) >= 11 is 0. The third-order valence-electron chi connectivity index (χ3n) is 2.25. The molecule has 0 unspecified atom stereocenters. The first-order valence-corrected chi connectivity index (χ1v) is 5.13. The van der Waals surface area contributed by atoms with Crippen LogP contribution in [0.15, 0.2) is 29.5 Å². The standard InChI is InChI=1S/C10H10N6O3/c1-19-8(17)6-3-2-4-12-7(6)16-5-13-9(15-11)14-10(16)18/h2-5H,11H2,1H3,(H,14,15,18). The van der Waals surface area contributed by atoms with Crippen molar-refractivity contribution in [3.8, 4) is 5.82 Å². The van der Waals surface area contributed by atoms with Gasteiger partial charge in [-0.15, -0.1) is 0 Å². The summed E-state index contributed by atoms with van der Waals surface area (Å²) < 4.78 is 5.64. The Morgan fingerprint density at radius 2 is 2.26 bits per heavy atom. The number of methoxy groups -OCH3 is 1. The summed E-state index contributed by atoms with van der Waals surface area (Å²) in [4.78, 5) is 34.7. The van der Waals surface area contributed by atoms with E-state index in [1.54, 1.807) is 6.07 Å². The Labute approximate surface area is 107 Å². The Bertz CT molecular complexity index is 668. The number of hydrogen-bond donors (Lipinski definition) is 2. The molecule has 0 atom stereocenters. The smallest absolute Gasteiger partial charge is 0.357 e. The first-order valence-electron chi connectivity index (χ1n) is 5.13. The number of anilines is 1. The highest BCUT2D eigenvalue weighted by atomic mass is 16.5. The highest BCUT2D eigenvalue weighted by molar-refractivity contribution is 5.92. The number of nitrogens with one attached hydrogen (secondary N) is 1. The van der Waals surface area contributed by atoms with E-state index in [9.17, 15) is 9.59 Å². The molecule has 0 aliphatic rings. The van der Waals surface area contributed by atoms with E-state index in [2.05, 4.69) is 25.1 Å². The minimum absolute atomic E-state index is 0.0307. The fourth-order valence-electron chi connectivity index (χ4n) is 1.41. The van der Waals surface area contributed by atoms with E-state index in [0.29, 0.717) is 0 Å². The van der Waals surface area contributed by atoms with Gasteiger partial charge in [0.25, 0.3) is 0 Å². The number of hydrazine groups is 1. The number of esters is 1. The van der Waals surface area contributed by atoms with E-state index in [-0.39, 0.29) is 17.3 Å². The molecule has 9 nitrogen and oxygen atoms in total. The van der Waals surface area contributed by atoms with Gasteiger partial charge in [0.15, 0.2) is 5.82 Å². The first-order chi connectivity index (χ1) is 9.17. The molecule has 98 valence electrons. The summed E-state index contributed by atoms with van der Waals surface area (Å²) in [5.74, 6) is 4.53. The minimum atomic E-state index is -0.674. The molecule has 0 radical (unpaired) electrons. The van der Waals surface area contributed by atoms with Gasteiger partial charge in [0.2, 0.25) is 5.95 Å². The van der Waals surface area contributed by atoms with Crippen LogP contribution in [0.2, 0.25) is 0 Å². The number of nitrogens with two attached hydrogens (primary N) is 1. The number of rotatable bonds is 3. The molecular formula is C10H10N6O3. The third-order valence-corrected chi connectivity index (χ3v) is 2.25. The maximum atomic E-state index is 11.8. The average Bonchev–Trinajstić information content (AvgIpc) is 2.46. The Morgan fingerprint density at radius 1 is 1.47 bits per heavy atom. The fourth-order valence-corrected chi connectivity index (χ4v) is 1.41. The quantitative estimate of drug-likeness (QED) is 0.414. The number of hydrogen-bond acceptors (Lipinski definition) is 8. The van der Waals surface area contributed by atoms with E-state index in [0.717, 1.165) is 4.57 Å². The number of nitrogen functional groups attached to an aromatic ring is 1. The monoisotopic (exact) mass is 262 g/mol. The SMILES string of the molecule is COC(=O)c1cccnc1-n1cnc(NN)nc1=O. The predicted octanol–water partition coefficient (Wildman–Crippen LogP) is -0.905. The summed E-state index contributed by atoms with van der Waals surface area (Å²) in [6.07, 6.45) is 2.60. The summed E-state index contributed by atoms with van der Waals surface area (Å²) in [6, 6.07) is 3.03. The highest BCUT2D eigenvalue weighted by Gasteiger charge is 2.15. The van der Waals surface area contributed by atoms with Crippen LogP contribution >= 0.6 is 0 Å². The van der Waals surface area contributed by atoms with Crippen molar-refractivity contribution in [1.29, 1.82) is 0 Å². The highest BCUT2D eigenvalue weighted by Crippen LogP contribution is 2.10. The molecule has 0 aliphatic carbocycles. The zero-order valence-corrected chi connectivity index (χ0v) is 9.90. The van der Waals surface area contributed by atoms with Gasteiger partial charge in [0.1, 0.15) is 11.9 Å². The van der Waals surface area contributed by atoms with Crippen LogP contribution in [0.25, 0.3) is 5.82 Å². The van der Waals surface area contributed by atoms with Crippen LogP contribution in [0.1, 0.15) is 10.4 Å². The van der Waals surface area contributed by atoms with Gasteiger partial charge in [-0.25, -0.2) is 30.0 Å². The van der Waals surface area contributed by atoms with Crippen molar-refractivity contribution in [1.82, 2.24) is 19.5 Å². The molecule has 0 bridgehead atoms. The van der Waals surface area contributed by atoms with Crippen LogP contribution < -0.4 is 17.0 Å². The van der Waals surface area contributed by atoms with Crippen LogP contribution in [0.4, 0.5) is 5.95 Å². The van der Waals surface area contributed by atoms with Crippen LogP contribution in [0, 0.1) is 0 Å². The van der Waals surface area contributed by atoms with Gasteiger partial charge in [-0.05, 0) is 12.1 Å². The Hall–Kier alpha value is -2.81. The van der Waals surface area contributed by atoms with Gasteiger partial charge in [0, 0.05) is 6.20 Å². The van der Waals surface area contributed by atoms with E-state index < -0.39 is 11.7 Å². The van der Waals surface area contributed by atoms with Crippen LogP contribution in [0.3, 0.4) is 0 Å². The van der Waals surface area contributed by atoms with Gasteiger partial charge in [0.05, 0.1) is 7.11 Å². The lowest BCUT2D eigenvalue weighted by Crippen LogP contribution is -2.27. The summed E-state index contributed by atoms with van der Waals surface area (Å²) in [7, 11) is 1.24. The predicted molar refractivity (Wildman–Crippen MR) is 64.6 cm³/mol. The zero-order valence-electron chi connectivity index (χ0n) is 9.90. The maximum absolute atomic E-state index is 11.8. The van der Waals surface area contributed by atoms with E-state index in [1.165, 1.54) is 25.7 Å². The van der Waals surface area contributed by atoms with Crippen molar-refractivity contribution < 1.29 is 9.53 Å². The lowest BCUT2D eigenvalue weighted by Gasteiger charge is -2.08. The average molecular weight is 262 g/mol. The second kappa shape index (κ2) is 5.23. The topological polar surface area (TPSA) is 125 Å².